The number of carbonyl (C=O) groups is 8. The van der Waals surface area contributed by atoms with E-state index in [2.05, 4.69) is 13.8 Å². The second-order valence-electron chi connectivity index (χ2n) is 19.1. The average Bonchev–Trinajstić information content (AvgIpc) is 4.01. The van der Waals surface area contributed by atoms with Gasteiger partial charge < -0.3 is 9.47 Å². The minimum Gasteiger partial charge on any atom is -0.457 e. The Hall–Kier alpha value is -10.1. The van der Waals surface area contributed by atoms with Crippen LogP contribution in [0.4, 0.5) is 11.4 Å². The van der Waals surface area contributed by atoms with Crippen LogP contribution in [-0.2, 0) is 5.41 Å². The monoisotopic (exact) mass is 988 g/mol. The number of hydrogen-bond acceptors (Lipinski definition) is 10. The van der Waals surface area contributed by atoms with Crippen molar-refractivity contribution in [3.05, 3.63) is 225 Å². The normalized spacial score (nSPS) is 14.8. The number of nitrogens with zero attached hydrogens (tertiary/aromatic N) is 4. The molecule has 8 aromatic rings. The third-order valence-corrected chi connectivity index (χ3v) is 14.4. The molecular weight excluding hydrogens is 949 g/mol. The van der Waals surface area contributed by atoms with Crippen molar-refractivity contribution in [3.8, 4) is 45.3 Å². The highest BCUT2D eigenvalue weighted by Crippen LogP contribution is 2.39. The Labute approximate surface area is 428 Å². The second-order valence-corrected chi connectivity index (χ2v) is 19.1. The van der Waals surface area contributed by atoms with Crippen molar-refractivity contribution in [2.75, 3.05) is 23.9 Å². The van der Waals surface area contributed by atoms with Gasteiger partial charge in [0.1, 0.15) is 23.0 Å². The van der Waals surface area contributed by atoms with E-state index in [4.69, 9.17) is 9.47 Å². The number of imide groups is 4. The van der Waals surface area contributed by atoms with Gasteiger partial charge in [-0.15, -0.1) is 0 Å². The molecule has 0 saturated carbocycles. The molecule has 364 valence electrons. The Bertz CT molecular complexity index is 3630. The number of hydrogen-bond donors (Lipinski definition) is 0. The summed E-state index contributed by atoms with van der Waals surface area (Å²) in [5.74, 6) is -1.20. The molecule has 0 bridgehead atoms. The topological polar surface area (TPSA) is 168 Å². The molecule has 0 radical (unpaired) electrons. The molecule has 0 aromatic heterocycles. The summed E-state index contributed by atoms with van der Waals surface area (Å²) in [6, 6.07) is 48.7. The highest BCUT2D eigenvalue weighted by molar-refractivity contribution is 6.35. The molecular formula is C61H40N4O10. The van der Waals surface area contributed by atoms with E-state index in [0.29, 0.717) is 78.9 Å². The van der Waals surface area contributed by atoms with Gasteiger partial charge in [-0.05, 0) is 155 Å². The van der Waals surface area contributed by atoms with Gasteiger partial charge in [-0.25, -0.2) is 9.80 Å². The first-order chi connectivity index (χ1) is 36.0. The van der Waals surface area contributed by atoms with Gasteiger partial charge in [-0.1, -0.05) is 62.4 Å². The molecule has 0 aliphatic carbocycles. The predicted octanol–water partition coefficient (Wildman–Crippen LogP) is 11.0. The zero-order valence-corrected chi connectivity index (χ0v) is 40.5. The third kappa shape index (κ3) is 7.41. The smallest absolute Gasteiger partial charge is 0.266 e. The Morgan fingerprint density at radius 2 is 0.533 bits per heavy atom. The first-order valence-electron chi connectivity index (χ1n) is 23.8. The summed E-state index contributed by atoms with van der Waals surface area (Å²) in [6.07, 6.45) is 0. The van der Waals surface area contributed by atoms with Gasteiger partial charge in [0.05, 0.1) is 55.9 Å². The van der Waals surface area contributed by atoms with E-state index in [1.54, 1.807) is 121 Å². The van der Waals surface area contributed by atoms with Crippen molar-refractivity contribution in [1.82, 2.24) is 9.80 Å². The molecule has 14 heteroatoms. The van der Waals surface area contributed by atoms with Crippen molar-refractivity contribution in [3.63, 3.8) is 0 Å². The van der Waals surface area contributed by atoms with Crippen LogP contribution in [0, 0.1) is 0 Å². The zero-order valence-electron chi connectivity index (χ0n) is 40.5. The van der Waals surface area contributed by atoms with Crippen molar-refractivity contribution < 1.29 is 47.8 Å². The van der Waals surface area contributed by atoms with Gasteiger partial charge >= 0.3 is 0 Å². The van der Waals surface area contributed by atoms with E-state index in [1.165, 1.54) is 14.1 Å². The summed E-state index contributed by atoms with van der Waals surface area (Å²) in [6.45, 7) is 4.23. The Kier molecular flexibility index (Phi) is 10.4. The number of ether oxygens (including phenoxy) is 2. The van der Waals surface area contributed by atoms with Crippen molar-refractivity contribution >= 4 is 58.6 Å². The molecule has 8 amide bonds. The van der Waals surface area contributed by atoms with E-state index in [1.807, 2.05) is 48.5 Å². The summed E-state index contributed by atoms with van der Waals surface area (Å²) in [5, 5.41) is 0. The Morgan fingerprint density at radius 1 is 0.293 bits per heavy atom. The number of amides is 8. The number of anilines is 2. The van der Waals surface area contributed by atoms with E-state index in [-0.39, 0.29) is 34.1 Å². The highest BCUT2D eigenvalue weighted by atomic mass is 16.5. The summed E-state index contributed by atoms with van der Waals surface area (Å²) in [7, 11) is 2.87. The van der Waals surface area contributed by atoms with E-state index in [0.717, 1.165) is 30.7 Å². The average molecular weight is 989 g/mol. The molecule has 4 heterocycles. The fraction of sp³-hybridized carbons (Fsp3) is 0.0820. The molecule has 0 atom stereocenters. The SMILES string of the molecule is CN1C(=O)c2ccc(-c3ccc4c(c3)C(=O)N(c3ccc(Oc5ccc(C(C)(C)c6ccc(Oc7ccc(N8C(=O)c9ccc(-c%10ccc%11c(c%10)C(=O)N(C)C%11=O)cc9C8=O)cc7)cc6)cc5)cc3)C4=O)cc2C1=O. The van der Waals surface area contributed by atoms with Gasteiger partial charge in [0.25, 0.3) is 47.3 Å². The number of benzene rings is 8. The van der Waals surface area contributed by atoms with Crippen LogP contribution >= 0.6 is 0 Å². The fourth-order valence-corrected chi connectivity index (χ4v) is 10.0. The van der Waals surface area contributed by atoms with Crippen molar-refractivity contribution in [2.45, 2.75) is 19.3 Å². The molecule has 4 aliphatic rings. The van der Waals surface area contributed by atoms with E-state index in [9.17, 15) is 38.4 Å². The second kappa shape index (κ2) is 17.0. The fourth-order valence-electron chi connectivity index (χ4n) is 10.0. The molecule has 0 spiro atoms. The zero-order chi connectivity index (χ0) is 52.2. The van der Waals surface area contributed by atoms with Crippen LogP contribution in [0.1, 0.15) is 108 Å². The Balaban J connectivity index is 0.667. The maximum atomic E-state index is 13.7. The number of fused-ring (bicyclic) bond motifs is 4. The van der Waals surface area contributed by atoms with Crippen LogP contribution < -0.4 is 19.3 Å². The van der Waals surface area contributed by atoms with Crippen LogP contribution in [0.15, 0.2) is 170 Å². The molecule has 0 fully saturated rings. The predicted molar refractivity (Wildman–Crippen MR) is 277 cm³/mol. The molecule has 14 nitrogen and oxygen atoms in total. The van der Waals surface area contributed by atoms with Gasteiger partial charge in [-0.2, -0.15) is 0 Å². The quantitative estimate of drug-likeness (QED) is 0.120. The lowest BCUT2D eigenvalue weighted by atomic mass is 9.78. The molecule has 75 heavy (non-hydrogen) atoms. The van der Waals surface area contributed by atoms with Gasteiger partial charge in [0.2, 0.25) is 0 Å². The molecule has 8 aromatic carbocycles. The summed E-state index contributed by atoms with van der Waals surface area (Å²) >= 11 is 0. The minimum absolute atomic E-state index is 0.236. The lowest BCUT2D eigenvalue weighted by Crippen LogP contribution is -2.29. The van der Waals surface area contributed by atoms with Gasteiger partial charge in [0, 0.05) is 19.5 Å². The lowest BCUT2D eigenvalue weighted by molar-refractivity contribution is 0.0678. The lowest BCUT2D eigenvalue weighted by Gasteiger charge is -2.26. The third-order valence-electron chi connectivity index (χ3n) is 14.4. The maximum absolute atomic E-state index is 13.7. The summed E-state index contributed by atoms with van der Waals surface area (Å²) in [5.41, 5.74) is 7.18. The first-order valence-corrected chi connectivity index (χ1v) is 23.8. The van der Waals surface area contributed by atoms with Crippen molar-refractivity contribution in [1.29, 1.82) is 0 Å². The van der Waals surface area contributed by atoms with Gasteiger partial charge in [0.15, 0.2) is 0 Å². The summed E-state index contributed by atoms with van der Waals surface area (Å²) < 4.78 is 12.3. The molecule has 12 rings (SSSR count). The number of rotatable bonds is 10. The Morgan fingerprint density at radius 3 is 0.840 bits per heavy atom. The molecule has 0 N–H and O–H groups in total. The van der Waals surface area contributed by atoms with Crippen LogP contribution in [0.25, 0.3) is 22.3 Å². The number of carbonyl (C=O) groups excluding carboxylic acids is 8. The maximum Gasteiger partial charge on any atom is 0.266 e. The molecule has 0 unspecified atom stereocenters. The van der Waals surface area contributed by atoms with Crippen LogP contribution in [-0.4, -0.2) is 71.2 Å². The summed E-state index contributed by atoms with van der Waals surface area (Å²) in [4.78, 5) is 109. The van der Waals surface area contributed by atoms with E-state index < -0.39 is 40.9 Å². The highest BCUT2D eigenvalue weighted by Gasteiger charge is 2.40. The molecule has 0 saturated heterocycles. The van der Waals surface area contributed by atoms with E-state index >= 15 is 0 Å². The minimum atomic E-state index is -0.478. The first kappa shape index (κ1) is 46.0. The van der Waals surface area contributed by atoms with Gasteiger partial charge in [-0.3, -0.25) is 48.2 Å². The largest absolute Gasteiger partial charge is 0.457 e. The standard InChI is InChI=1S/C61H40N4O10/c1-61(2,37-9-17-41(18-10-37)74-43-21-13-39(14-22-43)64-57(70)47-27-7-35(31-51(47)59(64)72)33-5-25-45-49(29-33)55(68)62(3)53(45)66)38-11-19-42(20-12-38)75-44-23-15-40(16-24-44)65-58(71)48-28-8-36(32-52(48)60(65)73)34-6-26-46-50(30-34)56(69)63(4)54(46)67/h5-32H,1-4H3. The van der Waals surface area contributed by atoms with Crippen LogP contribution in [0.5, 0.6) is 23.0 Å². The molecule has 4 aliphatic heterocycles. The van der Waals surface area contributed by atoms with Crippen molar-refractivity contribution in [2.24, 2.45) is 0 Å². The van der Waals surface area contributed by atoms with Crippen LogP contribution in [0.3, 0.4) is 0 Å². The van der Waals surface area contributed by atoms with Crippen LogP contribution in [0.2, 0.25) is 0 Å².